The normalized spacial score (nSPS) is 10.2. The summed E-state index contributed by atoms with van der Waals surface area (Å²) < 4.78 is 23.2. The molecular weight excluding hydrogens is 299 g/mol. The van der Waals surface area contributed by atoms with Gasteiger partial charge in [0.1, 0.15) is 18.2 Å². The lowest BCUT2D eigenvalue weighted by Gasteiger charge is -2.10. The van der Waals surface area contributed by atoms with Crippen LogP contribution in [0.15, 0.2) is 48.5 Å². The van der Waals surface area contributed by atoms with Crippen LogP contribution < -0.4 is 15.4 Å². The fourth-order valence-electron chi connectivity index (χ4n) is 1.87. The summed E-state index contributed by atoms with van der Waals surface area (Å²) in [5.41, 5.74) is 1.44. The van der Waals surface area contributed by atoms with Crippen molar-refractivity contribution < 1.29 is 18.7 Å². The minimum atomic E-state index is -0.344. The van der Waals surface area contributed by atoms with Crippen LogP contribution in [0.2, 0.25) is 0 Å². The van der Waals surface area contributed by atoms with Crippen molar-refractivity contribution >= 4 is 11.7 Å². The first kappa shape index (κ1) is 16.8. The van der Waals surface area contributed by atoms with Crippen LogP contribution in [0.3, 0.4) is 0 Å². The van der Waals surface area contributed by atoms with E-state index in [0.717, 1.165) is 5.56 Å². The minimum absolute atomic E-state index is 0.302. The first-order valence-corrected chi connectivity index (χ1v) is 7.18. The van der Waals surface area contributed by atoms with Crippen LogP contribution >= 0.6 is 0 Å². The van der Waals surface area contributed by atoms with Crippen LogP contribution in [-0.2, 0) is 11.3 Å². The second-order valence-corrected chi connectivity index (χ2v) is 4.80. The highest BCUT2D eigenvalue weighted by Crippen LogP contribution is 2.17. The van der Waals surface area contributed by atoms with Gasteiger partial charge in [-0.3, -0.25) is 0 Å². The van der Waals surface area contributed by atoms with Crippen molar-refractivity contribution in [2.75, 3.05) is 25.6 Å². The van der Waals surface area contributed by atoms with E-state index in [1.807, 2.05) is 0 Å². The summed E-state index contributed by atoms with van der Waals surface area (Å²) in [6.07, 6.45) is 0. The summed E-state index contributed by atoms with van der Waals surface area (Å²) in [5, 5.41) is 5.42. The number of carbonyl (C=O) groups excluding carboxylic acids is 1. The Morgan fingerprint density at radius 3 is 2.65 bits per heavy atom. The summed E-state index contributed by atoms with van der Waals surface area (Å²) in [7, 11) is 1.60. The molecule has 23 heavy (non-hydrogen) atoms. The number of amides is 2. The van der Waals surface area contributed by atoms with Crippen molar-refractivity contribution in [3.8, 4) is 5.75 Å². The topological polar surface area (TPSA) is 59.6 Å². The van der Waals surface area contributed by atoms with Gasteiger partial charge < -0.3 is 20.1 Å². The number of urea groups is 1. The van der Waals surface area contributed by atoms with E-state index >= 15 is 0 Å². The number of rotatable bonds is 7. The molecule has 0 bridgehead atoms. The first-order chi connectivity index (χ1) is 11.2. The lowest BCUT2D eigenvalue weighted by Crippen LogP contribution is -2.28. The van der Waals surface area contributed by atoms with Crippen molar-refractivity contribution in [1.29, 1.82) is 0 Å². The largest absolute Gasteiger partial charge is 0.491 e. The van der Waals surface area contributed by atoms with Crippen LogP contribution in [-0.4, -0.2) is 26.4 Å². The predicted molar refractivity (Wildman–Crippen MR) is 86.1 cm³/mol. The highest BCUT2D eigenvalue weighted by Gasteiger charge is 2.03. The van der Waals surface area contributed by atoms with Gasteiger partial charge in [0.2, 0.25) is 0 Å². The van der Waals surface area contributed by atoms with Gasteiger partial charge in [0.05, 0.1) is 6.61 Å². The van der Waals surface area contributed by atoms with E-state index in [-0.39, 0.29) is 11.8 Å². The zero-order chi connectivity index (χ0) is 16.5. The van der Waals surface area contributed by atoms with Crippen LogP contribution in [0.1, 0.15) is 5.56 Å². The zero-order valence-corrected chi connectivity index (χ0v) is 12.8. The molecule has 0 aliphatic rings. The fraction of sp³-hybridized carbons (Fsp3) is 0.235. The predicted octanol–water partition coefficient (Wildman–Crippen LogP) is 3.17. The molecule has 2 N–H and O–H groups in total. The highest BCUT2D eigenvalue weighted by atomic mass is 19.1. The maximum Gasteiger partial charge on any atom is 0.319 e. The van der Waals surface area contributed by atoms with Gasteiger partial charge in [-0.25, -0.2) is 9.18 Å². The number of methoxy groups -OCH3 is 1. The summed E-state index contributed by atoms with van der Waals surface area (Å²) in [4.78, 5) is 11.9. The lowest BCUT2D eigenvalue weighted by atomic mass is 10.2. The summed E-state index contributed by atoms with van der Waals surface area (Å²) in [6.45, 7) is 1.25. The molecule has 0 saturated carbocycles. The molecular formula is C17H19FN2O3. The van der Waals surface area contributed by atoms with Crippen molar-refractivity contribution in [1.82, 2.24) is 5.32 Å². The molecule has 0 unspecified atom stereocenters. The maximum absolute atomic E-state index is 12.8. The van der Waals surface area contributed by atoms with Gasteiger partial charge in [-0.2, -0.15) is 0 Å². The Morgan fingerprint density at radius 2 is 1.91 bits per heavy atom. The number of hydrogen-bond donors (Lipinski definition) is 2. The van der Waals surface area contributed by atoms with Crippen molar-refractivity contribution in [2.24, 2.45) is 0 Å². The van der Waals surface area contributed by atoms with Gasteiger partial charge in [0.15, 0.2) is 0 Å². The van der Waals surface area contributed by atoms with Crippen LogP contribution in [0.5, 0.6) is 5.75 Å². The van der Waals surface area contributed by atoms with E-state index < -0.39 is 0 Å². The van der Waals surface area contributed by atoms with Gasteiger partial charge in [-0.15, -0.1) is 0 Å². The van der Waals surface area contributed by atoms with Gasteiger partial charge in [-0.05, 0) is 29.8 Å². The second kappa shape index (κ2) is 8.75. The van der Waals surface area contributed by atoms with E-state index in [2.05, 4.69) is 10.6 Å². The SMILES string of the molecule is COCCOc1cccc(NC(=O)NCc2ccc(F)cc2)c1. The molecule has 2 aromatic rings. The molecule has 5 nitrogen and oxygen atoms in total. The minimum Gasteiger partial charge on any atom is -0.491 e. The van der Waals surface area contributed by atoms with Gasteiger partial charge in [0.25, 0.3) is 0 Å². The third-order valence-electron chi connectivity index (χ3n) is 3.01. The smallest absolute Gasteiger partial charge is 0.319 e. The Labute approximate surface area is 134 Å². The maximum atomic E-state index is 12.8. The number of anilines is 1. The lowest BCUT2D eigenvalue weighted by molar-refractivity contribution is 0.146. The van der Waals surface area contributed by atoms with Crippen LogP contribution in [0, 0.1) is 5.82 Å². The molecule has 0 fully saturated rings. The molecule has 122 valence electrons. The molecule has 0 aliphatic carbocycles. The number of nitrogens with one attached hydrogen (secondary N) is 2. The van der Waals surface area contributed by atoms with Crippen LogP contribution in [0.4, 0.5) is 14.9 Å². The van der Waals surface area contributed by atoms with E-state index in [0.29, 0.717) is 31.2 Å². The van der Waals surface area contributed by atoms with E-state index in [4.69, 9.17) is 9.47 Å². The molecule has 2 amide bonds. The molecule has 0 heterocycles. The third-order valence-corrected chi connectivity index (χ3v) is 3.01. The first-order valence-electron chi connectivity index (χ1n) is 7.18. The number of hydrogen-bond acceptors (Lipinski definition) is 3. The summed E-state index contributed by atoms with van der Waals surface area (Å²) in [6, 6.07) is 12.7. The van der Waals surface area contributed by atoms with E-state index in [1.54, 1.807) is 43.5 Å². The molecule has 0 aromatic heterocycles. The Kier molecular flexibility index (Phi) is 6.38. The van der Waals surface area contributed by atoms with E-state index in [9.17, 15) is 9.18 Å². The third kappa shape index (κ3) is 5.96. The molecule has 0 aliphatic heterocycles. The average molecular weight is 318 g/mol. The second-order valence-electron chi connectivity index (χ2n) is 4.80. The molecule has 0 radical (unpaired) electrons. The quantitative estimate of drug-likeness (QED) is 0.771. The Bertz CT molecular complexity index is 632. The Morgan fingerprint density at radius 1 is 1.13 bits per heavy atom. The molecule has 0 saturated heterocycles. The summed E-state index contributed by atoms with van der Waals surface area (Å²) >= 11 is 0. The van der Waals surface area contributed by atoms with E-state index in [1.165, 1.54) is 12.1 Å². The van der Waals surface area contributed by atoms with Gasteiger partial charge in [0, 0.05) is 25.4 Å². The standard InChI is InChI=1S/C17H19FN2O3/c1-22-9-10-23-16-4-2-3-15(11-16)20-17(21)19-12-13-5-7-14(18)8-6-13/h2-8,11H,9-10,12H2,1H3,(H2,19,20,21). The molecule has 6 heteroatoms. The zero-order valence-electron chi connectivity index (χ0n) is 12.8. The Balaban J connectivity index is 1.82. The van der Waals surface area contributed by atoms with Gasteiger partial charge in [-0.1, -0.05) is 18.2 Å². The van der Waals surface area contributed by atoms with Crippen molar-refractivity contribution in [2.45, 2.75) is 6.54 Å². The van der Waals surface area contributed by atoms with Crippen molar-refractivity contribution in [3.05, 3.63) is 59.9 Å². The number of carbonyl (C=O) groups is 1. The molecule has 0 atom stereocenters. The van der Waals surface area contributed by atoms with Crippen LogP contribution in [0.25, 0.3) is 0 Å². The average Bonchev–Trinajstić information content (AvgIpc) is 2.55. The molecule has 0 spiro atoms. The number of ether oxygens (including phenoxy) is 2. The number of benzene rings is 2. The summed E-state index contributed by atoms with van der Waals surface area (Å²) in [5.74, 6) is 0.349. The molecule has 2 aromatic carbocycles. The number of halogens is 1. The van der Waals surface area contributed by atoms with Gasteiger partial charge >= 0.3 is 6.03 Å². The van der Waals surface area contributed by atoms with Crippen molar-refractivity contribution in [3.63, 3.8) is 0 Å². The molecule has 2 rings (SSSR count). The monoisotopic (exact) mass is 318 g/mol. The highest BCUT2D eigenvalue weighted by molar-refractivity contribution is 5.89. The Hall–Kier alpha value is -2.60. The fourth-order valence-corrected chi connectivity index (χ4v) is 1.87.